The standard InChI is InChI=1S/C32H27N5O4S/c1-40-28-18-10-8-16-26(28)37-29(20-41-27-17-9-5-13-23(27)22-11-3-2-4-12-22)34-35-32(37)42-21-31(39)36-19-30(38)33-24-14-6-7-15-25(24)36/h2-18H,19-21H2,1H3,(H,33,38). The monoisotopic (exact) mass is 577 g/mol. The molecule has 4 aromatic carbocycles. The number of hydrogen-bond donors (Lipinski definition) is 1. The molecule has 0 spiro atoms. The quantitative estimate of drug-likeness (QED) is 0.228. The number of para-hydroxylation sites is 5. The number of rotatable bonds is 9. The second-order valence-electron chi connectivity index (χ2n) is 9.39. The van der Waals surface area contributed by atoms with Gasteiger partial charge in [0.1, 0.15) is 24.7 Å². The second-order valence-corrected chi connectivity index (χ2v) is 10.3. The molecule has 2 heterocycles. The number of amides is 2. The van der Waals surface area contributed by atoms with Gasteiger partial charge >= 0.3 is 0 Å². The normalized spacial score (nSPS) is 12.4. The summed E-state index contributed by atoms with van der Waals surface area (Å²) in [6, 6.07) is 32.7. The highest BCUT2D eigenvalue weighted by atomic mass is 32.2. The first-order valence-corrected chi connectivity index (χ1v) is 14.3. The van der Waals surface area contributed by atoms with Crippen LogP contribution < -0.4 is 19.7 Å². The molecule has 0 saturated carbocycles. The molecular formula is C32H27N5O4S. The minimum atomic E-state index is -0.237. The lowest BCUT2D eigenvalue weighted by Gasteiger charge is -2.29. The number of hydrogen-bond acceptors (Lipinski definition) is 7. The Morgan fingerprint density at radius 3 is 2.36 bits per heavy atom. The van der Waals surface area contributed by atoms with Gasteiger partial charge in [0.25, 0.3) is 0 Å². The lowest BCUT2D eigenvalue weighted by molar-refractivity contribution is -0.120. The minimum absolute atomic E-state index is 0.0461. The zero-order valence-electron chi connectivity index (χ0n) is 22.8. The highest BCUT2D eigenvalue weighted by molar-refractivity contribution is 7.99. The predicted molar refractivity (Wildman–Crippen MR) is 162 cm³/mol. The number of aromatic nitrogens is 3. The van der Waals surface area contributed by atoms with Gasteiger partial charge in [-0.3, -0.25) is 14.2 Å². The molecule has 1 aromatic heterocycles. The van der Waals surface area contributed by atoms with E-state index in [0.29, 0.717) is 33.9 Å². The maximum absolute atomic E-state index is 13.4. The molecule has 0 atom stereocenters. The fourth-order valence-corrected chi connectivity index (χ4v) is 5.63. The molecule has 0 saturated heterocycles. The van der Waals surface area contributed by atoms with Crippen LogP contribution in [-0.4, -0.2) is 46.0 Å². The Bertz CT molecular complexity index is 1740. The van der Waals surface area contributed by atoms with Gasteiger partial charge in [0, 0.05) is 5.56 Å². The summed E-state index contributed by atoms with van der Waals surface area (Å²) in [6.07, 6.45) is 0. The van der Waals surface area contributed by atoms with Crippen molar-refractivity contribution in [1.29, 1.82) is 0 Å². The number of carbonyl (C=O) groups is 2. The molecule has 1 aliphatic rings. The van der Waals surface area contributed by atoms with E-state index in [0.717, 1.165) is 16.8 Å². The van der Waals surface area contributed by atoms with Crippen molar-refractivity contribution in [3.63, 3.8) is 0 Å². The lowest BCUT2D eigenvalue weighted by atomic mass is 10.1. The van der Waals surface area contributed by atoms with Crippen molar-refractivity contribution in [3.8, 4) is 28.3 Å². The molecule has 9 nitrogen and oxygen atoms in total. The maximum Gasteiger partial charge on any atom is 0.244 e. The molecule has 0 unspecified atom stereocenters. The average molecular weight is 578 g/mol. The van der Waals surface area contributed by atoms with Gasteiger partial charge in [0.05, 0.1) is 29.9 Å². The highest BCUT2D eigenvalue weighted by Gasteiger charge is 2.27. The summed E-state index contributed by atoms with van der Waals surface area (Å²) in [5.74, 6) is 1.47. The van der Waals surface area contributed by atoms with Gasteiger partial charge in [-0.05, 0) is 35.9 Å². The maximum atomic E-state index is 13.4. The number of thioether (sulfide) groups is 1. The smallest absolute Gasteiger partial charge is 0.244 e. The number of ether oxygens (including phenoxy) is 2. The van der Waals surface area contributed by atoms with E-state index in [2.05, 4.69) is 15.5 Å². The van der Waals surface area contributed by atoms with E-state index in [1.807, 2.05) is 102 Å². The summed E-state index contributed by atoms with van der Waals surface area (Å²) >= 11 is 1.24. The largest absolute Gasteiger partial charge is 0.495 e. The minimum Gasteiger partial charge on any atom is -0.495 e. The number of benzene rings is 4. The van der Waals surface area contributed by atoms with Crippen molar-refractivity contribution in [3.05, 3.63) is 109 Å². The molecule has 0 aliphatic carbocycles. The van der Waals surface area contributed by atoms with Crippen LogP contribution in [0.25, 0.3) is 16.8 Å². The molecule has 0 radical (unpaired) electrons. The van der Waals surface area contributed by atoms with Gasteiger partial charge in [0.2, 0.25) is 11.8 Å². The second kappa shape index (κ2) is 12.2. The van der Waals surface area contributed by atoms with E-state index in [1.54, 1.807) is 13.2 Å². The number of carbonyl (C=O) groups excluding carboxylic acids is 2. The molecule has 5 aromatic rings. The molecule has 6 rings (SSSR count). The Hall–Kier alpha value is -5.09. The molecule has 2 amide bonds. The van der Waals surface area contributed by atoms with Crippen LogP contribution in [0, 0.1) is 0 Å². The van der Waals surface area contributed by atoms with Crippen molar-refractivity contribution in [2.75, 3.05) is 29.6 Å². The first kappa shape index (κ1) is 27.1. The zero-order chi connectivity index (χ0) is 28.9. The van der Waals surface area contributed by atoms with Crippen molar-refractivity contribution >= 4 is 35.0 Å². The summed E-state index contributed by atoms with van der Waals surface area (Å²) in [4.78, 5) is 27.1. The third-order valence-corrected chi connectivity index (χ3v) is 7.67. The van der Waals surface area contributed by atoms with Crippen LogP contribution in [0.3, 0.4) is 0 Å². The van der Waals surface area contributed by atoms with Gasteiger partial charge in [-0.2, -0.15) is 0 Å². The molecule has 210 valence electrons. The Balaban J connectivity index is 1.28. The molecule has 1 N–H and O–H groups in total. The van der Waals surface area contributed by atoms with E-state index in [4.69, 9.17) is 9.47 Å². The van der Waals surface area contributed by atoms with Gasteiger partial charge < -0.3 is 19.7 Å². The third-order valence-electron chi connectivity index (χ3n) is 6.75. The first-order valence-electron chi connectivity index (χ1n) is 13.3. The van der Waals surface area contributed by atoms with Crippen LogP contribution in [0.2, 0.25) is 0 Å². The third kappa shape index (κ3) is 5.57. The summed E-state index contributed by atoms with van der Waals surface area (Å²) in [5, 5.41) is 12.2. The zero-order valence-corrected chi connectivity index (χ0v) is 23.6. The van der Waals surface area contributed by atoms with Crippen LogP contribution in [0.1, 0.15) is 5.82 Å². The predicted octanol–water partition coefficient (Wildman–Crippen LogP) is 5.60. The fourth-order valence-electron chi connectivity index (χ4n) is 4.79. The Labute approximate surface area is 247 Å². The topological polar surface area (TPSA) is 98.6 Å². The highest BCUT2D eigenvalue weighted by Crippen LogP contribution is 2.33. The van der Waals surface area contributed by atoms with Crippen LogP contribution in [0.4, 0.5) is 11.4 Å². The van der Waals surface area contributed by atoms with Gasteiger partial charge in [-0.1, -0.05) is 84.6 Å². The van der Waals surface area contributed by atoms with Crippen molar-refractivity contribution in [2.45, 2.75) is 11.8 Å². The van der Waals surface area contributed by atoms with Crippen LogP contribution in [0.5, 0.6) is 11.5 Å². The molecule has 1 aliphatic heterocycles. The van der Waals surface area contributed by atoms with E-state index in [-0.39, 0.29) is 30.7 Å². The van der Waals surface area contributed by atoms with Crippen molar-refractivity contribution in [2.24, 2.45) is 0 Å². The van der Waals surface area contributed by atoms with Gasteiger partial charge in [0.15, 0.2) is 11.0 Å². The Kier molecular flexibility index (Phi) is 7.87. The van der Waals surface area contributed by atoms with E-state index in [9.17, 15) is 9.59 Å². The van der Waals surface area contributed by atoms with Crippen LogP contribution >= 0.6 is 11.8 Å². The molecule has 10 heteroatoms. The SMILES string of the molecule is COc1ccccc1-n1c(COc2ccccc2-c2ccccc2)nnc1SCC(=O)N1CC(=O)Nc2ccccc21. The number of fused-ring (bicyclic) bond motifs is 1. The average Bonchev–Trinajstić information content (AvgIpc) is 3.45. The number of nitrogens with one attached hydrogen (secondary N) is 1. The summed E-state index contributed by atoms with van der Waals surface area (Å²) in [5.41, 5.74) is 4.01. The Morgan fingerprint density at radius 1 is 0.857 bits per heavy atom. The summed E-state index contributed by atoms with van der Waals surface area (Å²) < 4.78 is 13.8. The van der Waals surface area contributed by atoms with E-state index >= 15 is 0 Å². The van der Waals surface area contributed by atoms with E-state index in [1.165, 1.54) is 16.7 Å². The molecular weight excluding hydrogens is 550 g/mol. The molecule has 0 bridgehead atoms. The Morgan fingerprint density at radius 2 is 1.55 bits per heavy atom. The van der Waals surface area contributed by atoms with Crippen LogP contribution in [-0.2, 0) is 16.2 Å². The molecule has 0 fully saturated rings. The number of anilines is 2. The van der Waals surface area contributed by atoms with Crippen LogP contribution in [0.15, 0.2) is 108 Å². The summed E-state index contributed by atoms with van der Waals surface area (Å²) in [6.45, 7) is 0.0819. The van der Waals surface area contributed by atoms with Crippen molar-refractivity contribution < 1.29 is 19.1 Å². The lowest BCUT2D eigenvalue weighted by Crippen LogP contribution is -2.43. The number of methoxy groups -OCH3 is 1. The number of nitrogens with zero attached hydrogens (tertiary/aromatic N) is 4. The summed E-state index contributed by atoms with van der Waals surface area (Å²) in [7, 11) is 1.60. The fraction of sp³-hybridized carbons (Fsp3) is 0.125. The van der Waals surface area contributed by atoms with Gasteiger partial charge in [-0.25, -0.2) is 0 Å². The first-order chi connectivity index (χ1) is 20.6. The van der Waals surface area contributed by atoms with Gasteiger partial charge in [-0.15, -0.1) is 10.2 Å². The van der Waals surface area contributed by atoms with E-state index < -0.39 is 0 Å². The van der Waals surface area contributed by atoms with Crippen molar-refractivity contribution in [1.82, 2.24) is 14.8 Å². The molecule has 42 heavy (non-hydrogen) atoms.